The maximum Gasteiger partial charge on any atom is 0.229 e. The molecule has 2 aliphatic heterocycles. The zero-order valence-corrected chi connectivity index (χ0v) is 16.0. The third kappa shape index (κ3) is 4.06. The maximum atomic E-state index is 11.8. The van der Waals surface area contributed by atoms with Gasteiger partial charge in [-0.15, -0.1) is 10.2 Å². The van der Waals surface area contributed by atoms with Gasteiger partial charge in [-0.25, -0.2) is 0 Å². The summed E-state index contributed by atoms with van der Waals surface area (Å²) < 4.78 is 2.09. The van der Waals surface area contributed by atoms with E-state index in [0.29, 0.717) is 25.1 Å². The number of carbonyl (C=O) groups is 2. The summed E-state index contributed by atoms with van der Waals surface area (Å²) in [6, 6.07) is 10.1. The molecular weight excluding hydrogens is 362 g/mol. The van der Waals surface area contributed by atoms with E-state index < -0.39 is 0 Å². The van der Waals surface area contributed by atoms with Gasteiger partial charge in [-0.3, -0.25) is 24.0 Å². The molecular formula is C19H23N5O2S. The van der Waals surface area contributed by atoms with Gasteiger partial charge in [0.2, 0.25) is 11.8 Å². The molecule has 142 valence electrons. The first kappa shape index (κ1) is 18.2. The molecule has 2 saturated heterocycles. The van der Waals surface area contributed by atoms with Crippen LogP contribution in [-0.2, 0) is 16.1 Å². The largest absolute Gasteiger partial charge is 0.296 e. The number of rotatable bonds is 7. The lowest BCUT2D eigenvalue weighted by molar-refractivity contribution is -0.137. The molecule has 0 saturated carbocycles. The van der Waals surface area contributed by atoms with Crippen molar-refractivity contribution in [2.75, 3.05) is 25.4 Å². The van der Waals surface area contributed by atoms with Crippen LogP contribution in [0.15, 0.2) is 35.5 Å². The summed E-state index contributed by atoms with van der Waals surface area (Å²) in [5.41, 5.74) is 1.03. The van der Waals surface area contributed by atoms with Crippen molar-refractivity contribution < 1.29 is 9.59 Å². The number of hydrogen-bond acceptors (Lipinski definition) is 6. The number of benzene rings is 1. The van der Waals surface area contributed by atoms with Gasteiger partial charge in [0.15, 0.2) is 11.0 Å². The van der Waals surface area contributed by atoms with E-state index in [0.717, 1.165) is 36.3 Å². The molecule has 0 bridgehead atoms. The first-order valence-electron chi connectivity index (χ1n) is 9.40. The zero-order chi connectivity index (χ0) is 18.6. The molecule has 2 fully saturated rings. The summed E-state index contributed by atoms with van der Waals surface area (Å²) in [6.07, 6.45) is 3.14. The van der Waals surface area contributed by atoms with E-state index in [-0.39, 0.29) is 11.8 Å². The second kappa shape index (κ2) is 8.22. The number of aromatic nitrogens is 3. The van der Waals surface area contributed by atoms with Gasteiger partial charge in [0, 0.05) is 30.8 Å². The van der Waals surface area contributed by atoms with Crippen LogP contribution in [0.4, 0.5) is 0 Å². The molecule has 0 spiro atoms. The van der Waals surface area contributed by atoms with E-state index in [2.05, 4.69) is 31.8 Å². The van der Waals surface area contributed by atoms with E-state index in [1.54, 1.807) is 0 Å². The van der Waals surface area contributed by atoms with Gasteiger partial charge in [0.05, 0.1) is 6.54 Å². The van der Waals surface area contributed by atoms with Crippen LogP contribution >= 0.6 is 11.8 Å². The summed E-state index contributed by atoms with van der Waals surface area (Å²) in [4.78, 5) is 27.3. The first-order chi connectivity index (χ1) is 13.2. The van der Waals surface area contributed by atoms with E-state index >= 15 is 0 Å². The molecule has 3 heterocycles. The minimum atomic E-state index is -0.0696. The Bertz CT molecular complexity index is 801. The molecule has 2 aliphatic rings. The minimum Gasteiger partial charge on any atom is -0.296 e. The van der Waals surface area contributed by atoms with Crippen LogP contribution in [0, 0.1) is 0 Å². The molecule has 1 aromatic heterocycles. The Morgan fingerprint density at radius 2 is 1.67 bits per heavy atom. The summed E-state index contributed by atoms with van der Waals surface area (Å²) in [5, 5.41) is 9.64. The molecule has 1 aromatic carbocycles. The number of thioether (sulfide) groups is 1. The van der Waals surface area contributed by atoms with Crippen LogP contribution in [0.5, 0.6) is 0 Å². The Labute approximate surface area is 162 Å². The molecule has 0 aliphatic carbocycles. The van der Waals surface area contributed by atoms with E-state index in [1.165, 1.54) is 29.5 Å². The molecule has 0 unspecified atom stereocenters. The Hall–Kier alpha value is -2.19. The predicted octanol–water partition coefficient (Wildman–Crippen LogP) is 2.10. The number of imide groups is 1. The second-order valence-corrected chi connectivity index (χ2v) is 7.90. The Kier molecular flexibility index (Phi) is 5.54. The van der Waals surface area contributed by atoms with Crippen molar-refractivity contribution in [2.24, 2.45) is 0 Å². The quantitative estimate of drug-likeness (QED) is 0.537. The number of nitrogens with zero attached hydrogens (tertiary/aromatic N) is 5. The monoisotopic (exact) mass is 385 g/mol. The lowest BCUT2D eigenvalue weighted by Gasteiger charge is -2.16. The number of likely N-dealkylation sites (tertiary alicyclic amines) is 2. The molecule has 0 N–H and O–H groups in total. The maximum absolute atomic E-state index is 11.8. The van der Waals surface area contributed by atoms with Gasteiger partial charge in [-0.05, 0) is 38.1 Å². The van der Waals surface area contributed by atoms with Gasteiger partial charge in [0.1, 0.15) is 0 Å². The molecule has 7 nitrogen and oxygen atoms in total. The summed E-state index contributed by atoms with van der Waals surface area (Å²) in [7, 11) is 0. The fourth-order valence-electron chi connectivity index (χ4n) is 3.57. The number of carbonyl (C=O) groups excluding carboxylic acids is 2. The minimum absolute atomic E-state index is 0.0696. The van der Waals surface area contributed by atoms with Gasteiger partial charge in [-0.1, -0.05) is 30.0 Å². The highest BCUT2D eigenvalue weighted by Crippen LogP contribution is 2.24. The van der Waals surface area contributed by atoms with Crippen molar-refractivity contribution in [1.29, 1.82) is 0 Å². The van der Waals surface area contributed by atoms with E-state index in [1.807, 2.05) is 18.2 Å². The fraction of sp³-hybridized carbons (Fsp3) is 0.474. The van der Waals surface area contributed by atoms with Gasteiger partial charge < -0.3 is 0 Å². The molecule has 8 heteroatoms. The Balaban J connectivity index is 1.50. The SMILES string of the molecule is O=C1CCC(=O)N1CCSc1nnc(CN2CCCC2)n1-c1ccccc1. The van der Waals surface area contributed by atoms with Crippen molar-refractivity contribution >= 4 is 23.6 Å². The number of para-hydroxylation sites is 1. The lowest BCUT2D eigenvalue weighted by Crippen LogP contribution is -2.31. The van der Waals surface area contributed by atoms with Gasteiger partial charge in [0.25, 0.3) is 0 Å². The molecule has 0 atom stereocenters. The highest BCUT2D eigenvalue weighted by atomic mass is 32.2. The third-order valence-electron chi connectivity index (χ3n) is 4.98. The van der Waals surface area contributed by atoms with Gasteiger partial charge in [-0.2, -0.15) is 0 Å². The molecule has 2 amide bonds. The average Bonchev–Trinajstić information content (AvgIpc) is 3.40. The smallest absolute Gasteiger partial charge is 0.229 e. The lowest BCUT2D eigenvalue weighted by atomic mass is 10.3. The summed E-state index contributed by atoms with van der Waals surface area (Å²) in [5.74, 6) is 1.41. The van der Waals surface area contributed by atoms with E-state index in [4.69, 9.17) is 0 Å². The zero-order valence-electron chi connectivity index (χ0n) is 15.2. The third-order valence-corrected chi connectivity index (χ3v) is 5.89. The van der Waals surface area contributed by atoms with Crippen molar-refractivity contribution in [3.8, 4) is 5.69 Å². The summed E-state index contributed by atoms with van der Waals surface area (Å²) in [6.45, 7) is 3.41. The van der Waals surface area contributed by atoms with Crippen molar-refractivity contribution in [2.45, 2.75) is 37.4 Å². The number of hydrogen-bond donors (Lipinski definition) is 0. The van der Waals surface area contributed by atoms with Crippen LogP contribution in [0.25, 0.3) is 5.69 Å². The van der Waals surface area contributed by atoms with Crippen LogP contribution in [0.3, 0.4) is 0 Å². The van der Waals surface area contributed by atoms with Crippen molar-refractivity contribution in [3.63, 3.8) is 0 Å². The summed E-state index contributed by atoms with van der Waals surface area (Å²) >= 11 is 1.54. The normalized spacial score (nSPS) is 18.0. The highest BCUT2D eigenvalue weighted by Gasteiger charge is 2.28. The van der Waals surface area contributed by atoms with Crippen molar-refractivity contribution in [3.05, 3.63) is 36.2 Å². The topological polar surface area (TPSA) is 71.3 Å². The molecule has 2 aromatic rings. The van der Waals surface area contributed by atoms with Crippen LogP contribution in [-0.4, -0.2) is 61.8 Å². The van der Waals surface area contributed by atoms with Crippen LogP contribution in [0.1, 0.15) is 31.5 Å². The molecule has 0 radical (unpaired) electrons. The standard InChI is InChI=1S/C19H23N5O2S/c25-17-8-9-18(26)23(17)12-13-27-19-21-20-16(14-22-10-4-5-11-22)24(19)15-6-2-1-3-7-15/h1-3,6-7H,4-5,8-14H2. The first-order valence-corrected chi connectivity index (χ1v) is 10.4. The fourth-order valence-corrected chi connectivity index (χ4v) is 4.47. The Morgan fingerprint density at radius 1 is 0.963 bits per heavy atom. The van der Waals surface area contributed by atoms with Crippen LogP contribution < -0.4 is 0 Å². The van der Waals surface area contributed by atoms with Crippen LogP contribution in [0.2, 0.25) is 0 Å². The van der Waals surface area contributed by atoms with E-state index in [9.17, 15) is 9.59 Å². The predicted molar refractivity (Wildman–Crippen MR) is 103 cm³/mol. The molecule has 27 heavy (non-hydrogen) atoms. The number of amides is 2. The van der Waals surface area contributed by atoms with Crippen molar-refractivity contribution in [1.82, 2.24) is 24.6 Å². The Morgan fingerprint density at radius 3 is 2.37 bits per heavy atom. The second-order valence-electron chi connectivity index (χ2n) is 6.84. The van der Waals surface area contributed by atoms with Gasteiger partial charge >= 0.3 is 0 Å². The highest BCUT2D eigenvalue weighted by molar-refractivity contribution is 7.99. The average molecular weight is 385 g/mol. The molecule has 4 rings (SSSR count).